The maximum atomic E-state index is 5.43. The molecule has 1 aromatic heterocycles. The van der Waals surface area contributed by atoms with Gasteiger partial charge in [0.25, 0.3) is 0 Å². The molecule has 1 atom stereocenters. The van der Waals surface area contributed by atoms with Crippen LogP contribution in [0.5, 0.6) is 5.75 Å². The second-order valence-electron chi connectivity index (χ2n) is 5.00. The third kappa shape index (κ3) is 3.84. The molecule has 2 aromatic rings. The minimum atomic E-state index is 0.389. The maximum absolute atomic E-state index is 5.43. The molecule has 0 amide bonds. The van der Waals surface area contributed by atoms with E-state index in [4.69, 9.17) is 4.74 Å². The lowest BCUT2D eigenvalue weighted by Crippen LogP contribution is -2.33. The van der Waals surface area contributed by atoms with E-state index in [9.17, 15) is 0 Å². The molecule has 4 heteroatoms. The summed E-state index contributed by atoms with van der Waals surface area (Å²) >= 11 is 0. The standard InChI is InChI=1S/C16H23N3O/c1-4-17-15(9-13-11-18-19(2)12-13)10-14-7-5-6-8-16(14)20-3/h5-8,11-12,15,17H,4,9-10H2,1-3H3. The van der Waals surface area contributed by atoms with Gasteiger partial charge in [-0.05, 0) is 36.6 Å². The topological polar surface area (TPSA) is 39.1 Å². The Morgan fingerprint density at radius 1 is 1.30 bits per heavy atom. The Bertz CT molecular complexity index is 536. The molecule has 0 fully saturated rings. The molecule has 0 radical (unpaired) electrons. The van der Waals surface area contributed by atoms with Gasteiger partial charge in [-0.1, -0.05) is 25.1 Å². The molecule has 1 N–H and O–H groups in total. The first-order valence-electron chi connectivity index (χ1n) is 7.05. The fourth-order valence-electron chi connectivity index (χ4n) is 2.50. The SMILES string of the molecule is CCNC(Cc1cnn(C)c1)Cc1ccccc1OC. The molecule has 108 valence electrons. The van der Waals surface area contributed by atoms with E-state index in [1.54, 1.807) is 7.11 Å². The molecule has 1 aromatic carbocycles. The van der Waals surface area contributed by atoms with Crippen LogP contribution >= 0.6 is 0 Å². The number of ether oxygens (including phenoxy) is 1. The van der Waals surface area contributed by atoms with Gasteiger partial charge in [0.05, 0.1) is 13.3 Å². The fourth-order valence-corrected chi connectivity index (χ4v) is 2.50. The average molecular weight is 273 g/mol. The average Bonchev–Trinajstić information content (AvgIpc) is 2.85. The molecular weight excluding hydrogens is 250 g/mol. The van der Waals surface area contributed by atoms with Gasteiger partial charge in [-0.25, -0.2) is 0 Å². The third-order valence-corrected chi connectivity index (χ3v) is 3.39. The fraction of sp³-hybridized carbons (Fsp3) is 0.438. The van der Waals surface area contributed by atoms with Crippen molar-refractivity contribution in [2.75, 3.05) is 13.7 Å². The number of methoxy groups -OCH3 is 1. The van der Waals surface area contributed by atoms with E-state index in [1.165, 1.54) is 11.1 Å². The predicted molar refractivity (Wildman–Crippen MR) is 81.1 cm³/mol. The lowest BCUT2D eigenvalue weighted by atomic mass is 10.00. The summed E-state index contributed by atoms with van der Waals surface area (Å²) in [5.41, 5.74) is 2.50. The van der Waals surface area contributed by atoms with Crippen molar-refractivity contribution in [3.63, 3.8) is 0 Å². The van der Waals surface area contributed by atoms with E-state index in [-0.39, 0.29) is 0 Å². The molecule has 1 unspecified atom stereocenters. The van der Waals surface area contributed by atoms with Crippen LogP contribution in [0.3, 0.4) is 0 Å². The van der Waals surface area contributed by atoms with E-state index >= 15 is 0 Å². The Labute approximate surface area is 120 Å². The van der Waals surface area contributed by atoms with Crippen molar-refractivity contribution in [1.82, 2.24) is 15.1 Å². The quantitative estimate of drug-likeness (QED) is 0.840. The van der Waals surface area contributed by atoms with E-state index < -0.39 is 0 Å². The monoisotopic (exact) mass is 273 g/mol. The molecule has 4 nitrogen and oxygen atoms in total. The van der Waals surface area contributed by atoms with Crippen molar-refractivity contribution in [2.24, 2.45) is 7.05 Å². The first-order valence-corrected chi connectivity index (χ1v) is 7.05. The number of aromatic nitrogens is 2. The van der Waals surface area contributed by atoms with Crippen molar-refractivity contribution < 1.29 is 4.74 Å². The minimum absolute atomic E-state index is 0.389. The van der Waals surface area contributed by atoms with E-state index in [0.29, 0.717) is 6.04 Å². The zero-order valence-electron chi connectivity index (χ0n) is 12.5. The lowest BCUT2D eigenvalue weighted by Gasteiger charge is -2.18. The molecule has 0 aliphatic heterocycles. The lowest BCUT2D eigenvalue weighted by molar-refractivity contribution is 0.404. The number of nitrogens with zero attached hydrogens (tertiary/aromatic N) is 2. The first kappa shape index (κ1) is 14.6. The van der Waals surface area contributed by atoms with Gasteiger partial charge in [-0.15, -0.1) is 0 Å². The highest BCUT2D eigenvalue weighted by molar-refractivity contribution is 5.34. The summed E-state index contributed by atoms with van der Waals surface area (Å²) in [6, 6.07) is 8.60. The summed E-state index contributed by atoms with van der Waals surface area (Å²) in [6.45, 7) is 3.10. The summed E-state index contributed by atoms with van der Waals surface area (Å²) in [5.74, 6) is 0.960. The van der Waals surface area contributed by atoms with Crippen molar-refractivity contribution in [2.45, 2.75) is 25.8 Å². The van der Waals surface area contributed by atoms with Crippen LogP contribution in [0, 0.1) is 0 Å². The van der Waals surface area contributed by atoms with Crippen molar-refractivity contribution in [3.05, 3.63) is 47.8 Å². The molecule has 0 aliphatic carbocycles. The van der Waals surface area contributed by atoms with Gasteiger partial charge < -0.3 is 10.1 Å². The van der Waals surface area contributed by atoms with Crippen LogP contribution in [-0.4, -0.2) is 29.5 Å². The number of rotatable bonds is 7. The Morgan fingerprint density at radius 3 is 2.75 bits per heavy atom. The van der Waals surface area contributed by atoms with Gasteiger partial charge >= 0.3 is 0 Å². The number of aryl methyl sites for hydroxylation is 1. The maximum Gasteiger partial charge on any atom is 0.122 e. The summed E-state index contributed by atoms with van der Waals surface area (Å²) < 4.78 is 7.28. The van der Waals surface area contributed by atoms with E-state index in [0.717, 1.165) is 25.1 Å². The highest BCUT2D eigenvalue weighted by Crippen LogP contribution is 2.20. The molecule has 2 rings (SSSR count). The van der Waals surface area contributed by atoms with Crippen LogP contribution in [0.15, 0.2) is 36.7 Å². The molecule has 0 aliphatic rings. The van der Waals surface area contributed by atoms with Crippen LogP contribution < -0.4 is 10.1 Å². The normalized spacial score (nSPS) is 12.3. The predicted octanol–water partition coefficient (Wildman–Crippen LogP) is 2.19. The molecule has 0 bridgehead atoms. The molecule has 0 saturated heterocycles. The van der Waals surface area contributed by atoms with Crippen LogP contribution in [0.25, 0.3) is 0 Å². The number of benzene rings is 1. The largest absolute Gasteiger partial charge is 0.496 e. The Morgan fingerprint density at radius 2 is 2.10 bits per heavy atom. The zero-order valence-corrected chi connectivity index (χ0v) is 12.5. The van der Waals surface area contributed by atoms with Crippen LogP contribution in [-0.2, 0) is 19.9 Å². The zero-order chi connectivity index (χ0) is 14.4. The summed E-state index contributed by atoms with van der Waals surface area (Å²) in [4.78, 5) is 0. The summed E-state index contributed by atoms with van der Waals surface area (Å²) in [6.07, 6.45) is 5.94. The number of likely N-dealkylation sites (N-methyl/N-ethyl adjacent to an activating group) is 1. The second-order valence-corrected chi connectivity index (χ2v) is 5.00. The second kappa shape index (κ2) is 7.10. The minimum Gasteiger partial charge on any atom is -0.496 e. The van der Waals surface area contributed by atoms with Crippen LogP contribution in [0.2, 0.25) is 0 Å². The highest BCUT2D eigenvalue weighted by atomic mass is 16.5. The Hall–Kier alpha value is -1.81. The van der Waals surface area contributed by atoms with Crippen LogP contribution in [0.4, 0.5) is 0 Å². The molecule has 0 saturated carbocycles. The van der Waals surface area contributed by atoms with Gasteiger partial charge in [0.2, 0.25) is 0 Å². The smallest absolute Gasteiger partial charge is 0.122 e. The van der Waals surface area contributed by atoms with Gasteiger partial charge in [0.15, 0.2) is 0 Å². The molecule has 20 heavy (non-hydrogen) atoms. The number of para-hydroxylation sites is 1. The Kier molecular flexibility index (Phi) is 5.18. The van der Waals surface area contributed by atoms with Crippen molar-refractivity contribution in [1.29, 1.82) is 0 Å². The summed E-state index contributed by atoms with van der Waals surface area (Å²) in [5, 5.41) is 7.78. The summed E-state index contributed by atoms with van der Waals surface area (Å²) in [7, 11) is 3.67. The van der Waals surface area contributed by atoms with Gasteiger partial charge in [0, 0.05) is 19.3 Å². The van der Waals surface area contributed by atoms with E-state index in [1.807, 2.05) is 30.1 Å². The molecule has 1 heterocycles. The highest BCUT2D eigenvalue weighted by Gasteiger charge is 2.13. The third-order valence-electron chi connectivity index (χ3n) is 3.39. The van der Waals surface area contributed by atoms with Crippen molar-refractivity contribution in [3.8, 4) is 5.75 Å². The molecular formula is C16H23N3O. The number of nitrogens with one attached hydrogen (secondary N) is 1. The first-order chi connectivity index (χ1) is 9.72. The Balaban J connectivity index is 2.08. The van der Waals surface area contributed by atoms with E-state index in [2.05, 4.69) is 35.7 Å². The van der Waals surface area contributed by atoms with Gasteiger partial charge in [0.1, 0.15) is 5.75 Å². The number of hydrogen-bond acceptors (Lipinski definition) is 3. The van der Waals surface area contributed by atoms with Gasteiger partial charge in [-0.2, -0.15) is 5.10 Å². The van der Waals surface area contributed by atoms with Gasteiger partial charge in [-0.3, -0.25) is 4.68 Å². The van der Waals surface area contributed by atoms with Crippen LogP contribution in [0.1, 0.15) is 18.1 Å². The number of hydrogen-bond donors (Lipinski definition) is 1. The van der Waals surface area contributed by atoms with Crippen molar-refractivity contribution >= 4 is 0 Å². The molecule has 0 spiro atoms.